The van der Waals surface area contributed by atoms with E-state index in [0.29, 0.717) is 11.6 Å². The summed E-state index contributed by atoms with van der Waals surface area (Å²) in [4.78, 5) is 26.8. The molecule has 1 saturated heterocycles. The molecular formula is C17H16ClNO2. The van der Waals surface area contributed by atoms with Crippen LogP contribution in [0, 0.1) is 23.7 Å². The molecule has 1 aliphatic heterocycles. The zero-order valence-electron chi connectivity index (χ0n) is 11.5. The molecular weight excluding hydrogens is 286 g/mol. The lowest BCUT2D eigenvalue weighted by molar-refractivity contribution is -0.140. The first-order valence-electron chi connectivity index (χ1n) is 7.44. The zero-order valence-corrected chi connectivity index (χ0v) is 12.3. The van der Waals surface area contributed by atoms with Crippen molar-refractivity contribution < 1.29 is 9.59 Å². The predicted octanol–water partition coefficient (Wildman–Crippen LogP) is 3.04. The molecule has 0 unspecified atom stereocenters. The summed E-state index contributed by atoms with van der Waals surface area (Å²) < 4.78 is 0. The highest BCUT2D eigenvalue weighted by Crippen LogP contribution is 2.49. The van der Waals surface area contributed by atoms with Gasteiger partial charge in [-0.3, -0.25) is 14.5 Å². The molecule has 4 atom stereocenters. The maximum absolute atomic E-state index is 12.7. The molecule has 1 saturated carbocycles. The van der Waals surface area contributed by atoms with Crippen LogP contribution in [0.2, 0.25) is 5.02 Å². The minimum Gasteiger partial charge on any atom is -0.278 e. The number of halogens is 1. The van der Waals surface area contributed by atoms with E-state index in [0.717, 1.165) is 18.4 Å². The summed E-state index contributed by atoms with van der Waals surface area (Å²) in [5.74, 6) is 0.195. The molecule has 108 valence electrons. The van der Waals surface area contributed by atoms with E-state index in [4.69, 9.17) is 11.6 Å². The number of hydrogen-bond donors (Lipinski definition) is 0. The van der Waals surface area contributed by atoms with Crippen molar-refractivity contribution in [1.82, 2.24) is 4.90 Å². The van der Waals surface area contributed by atoms with Crippen molar-refractivity contribution in [2.24, 2.45) is 23.7 Å². The number of imide groups is 1. The summed E-state index contributed by atoms with van der Waals surface area (Å²) in [5, 5.41) is 0.606. The summed E-state index contributed by atoms with van der Waals surface area (Å²) in [5.41, 5.74) is 0.833. The van der Waals surface area contributed by atoms with Crippen molar-refractivity contribution in [1.29, 1.82) is 0 Å². The smallest absolute Gasteiger partial charge is 0.234 e. The zero-order chi connectivity index (χ0) is 14.6. The second-order valence-corrected chi connectivity index (χ2v) is 6.60. The SMILES string of the molecule is O=C1[C@H]2[C@H](C(=O)N1Cc1ccccc1Cl)[C@H]1C=C[C@H]2CC1. The number of likely N-dealkylation sites (tertiary alicyclic amines) is 1. The minimum atomic E-state index is -0.135. The Hall–Kier alpha value is -1.61. The topological polar surface area (TPSA) is 37.4 Å². The van der Waals surface area contributed by atoms with Crippen molar-refractivity contribution in [3.05, 3.63) is 47.0 Å². The van der Waals surface area contributed by atoms with E-state index in [1.165, 1.54) is 4.90 Å². The Labute approximate surface area is 128 Å². The highest BCUT2D eigenvalue weighted by atomic mass is 35.5. The lowest BCUT2D eigenvalue weighted by Crippen LogP contribution is -2.38. The summed E-state index contributed by atoms with van der Waals surface area (Å²) in [6, 6.07) is 7.39. The minimum absolute atomic E-state index is 0.0102. The molecule has 2 fully saturated rings. The Bertz CT molecular complexity index is 622. The predicted molar refractivity (Wildman–Crippen MR) is 79.3 cm³/mol. The normalized spacial score (nSPS) is 33.7. The second-order valence-electron chi connectivity index (χ2n) is 6.20. The molecule has 1 aromatic rings. The standard InChI is InChI=1S/C17H16ClNO2/c18-13-4-2-1-3-12(13)9-19-16(20)14-10-5-6-11(8-7-10)15(14)17(19)21/h1-6,10-11,14-15H,7-9H2/t10-,11-,14+,15+/m0/s1. The molecule has 0 spiro atoms. The average Bonchev–Trinajstić information content (AvgIpc) is 2.78. The van der Waals surface area contributed by atoms with Crippen LogP contribution in [0.5, 0.6) is 0 Å². The molecule has 5 rings (SSSR count). The average molecular weight is 302 g/mol. The highest BCUT2D eigenvalue weighted by Gasteiger charge is 2.56. The lowest BCUT2D eigenvalue weighted by atomic mass is 9.63. The van der Waals surface area contributed by atoms with Gasteiger partial charge in [-0.15, -0.1) is 0 Å². The number of hydrogen-bond acceptors (Lipinski definition) is 2. The number of carbonyl (C=O) groups excluding carboxylic acids is 2. The monoisotopic (exact) mass is 301 g/mol. The maximum atomic E-state index is 12.7. The Kier molecular flexibility index (Phi) is 2.93. The van der Waals surface area contributed by atoms with Crippen LogP contribution in [0.4, 0.5) is 0 Å². The van der Waals surface area contributed by atoms with Crippen LogP contribution in [0.15, 0.2) is 36.4 Å². The molecule has 2 bridgehead atoms. The number of amides is 2. The number of rotatable bonds is 2. The van der Waals surface area contributed by atoms with Gasteiger partial charge in [-0.1, -0.05) is 42.0 Å². The van der Waals surface area contributed by atoms with E-state index in [1.807, 2.05) is 18.2 Å². The van der Waals surface area contributed by atoms with Gasteiger partial charge in [0.15, 0.2) is 0 Å². The third-order valence-electron chi connectivity index (χ3n) is 5.14. The van der Waals surface area contributed by atoms with Crippen LogP contribution in [0.1, 0.15) is 18.4 Å². The highest BCUT2D eigenvalue weighted by molar-refractivity contribution is 6.31. The molecule has 4 heteroatoms. The number of carbonyl (C=O) groups is 2. The fourth-order valence-corrected chi connectivity index (χ4v) is 4.28. The molecule has 1 aromatic carbocycles. The molecule has 3 nitrogen and oxygen atoms in total. The lowest BCUT2D eigenvalue weighted by Gasteiger charge is -2.38. The van der Waals surface area contributed by atoms with Crippen molar-refractivity contribution >= 4 is 23.4 Å². The summed E-state index contributed by atoms with van der Waals surface area (Å²) in [6.45, 7) is 0.295. The summed E-state index contributed by atoms with van der Waals surface area (Å²) >= 11 is 6.16. The van der Waals surface area contributed by atoms with Gasteiger partial charge in [0.1, 0.15) is 0 Å². The van der Waals surface area contributed by atoms with Gasteiger partial charge < -0.3 is 0 Å². The van der Waals surface area contributed by atoms with E-state index < -0.39 is 0 Å². The van der Waals surface area contributed by atoms with E-state index >= 15 is 0 Å². The van der Waals surface area contributed by atoms with Crippen molar-refractivity contribution in [2.75, 3.05) is 0 Å². The quantitative estimate of drug-likeness (QED) is 0.622. The number of nitrogens with zero attached hydrogens (tertiary/aromatic N) is 1. The molecule has 1 heterocycles. The third-order valence-corrected chi connectivity index (χ3v) is 5.51. The van der Waals surface area contributed by atoms with Crippen LogP contribution in [-0.2, 0) is 16.1 Å². The van der Waals surface area contributed by atoms with Gasteiger partial charge in [0, 0.05) is 5.02 Å². The van der Waals surface area contributed by atoms with Gasteiger partial charge >= 0.3 is 0 Å². The van der Waals surface area contributed by atoms with E-state index in [2.05, 4.69) is 12.2 Å². The van der Waals surface area contributed by atoms with Gasteiger partial charge in [0.2, 0.25) is 11.8 Å². The fourth-order valence-electron chi connectivity index (χ4n) is 4.09. The van der Waals surface area contributed by atoms with Gasteiger partial charge in [-0.05, 0) is 36.3 Å². The molecule has 2 amide bonds. The first kappa shape index (κ1) is 13.1. The molecule has 4 aliphatic rings. The first-order valence-corrected chi connectivity index (χ1v) is 7.81. The Morgan fingerprint density at radius 1 is 1.00 bits per heavy atom. The maximum Gasteiger partial charge on any atom is 0.234 e. The van der Waals surface area contributed by atoms with Crippen LogP contribution in [0.25, 0.3) is 0 Å². The van der Waals surface area contributed by atoms with E-state index in [1.54, 1.807) is 6.07 Å². The Balaban J connectivity index is 1.65. The Morgan fingerprint density at radius 2 is 1.57 bits per heavy atom. The number of fused-ring (bicyclic) bond motifs is 1. The molecule has 21 heavy (non-hydrogen) atoms. The van der Waals surface area contributed by atoms with Gasteiger partial charge in [0.25, 0.3) is 0 Å². The number of allylic oxidation sites excluding steroid dienone is 2. The number of benzene rings is 1. The third kappa shape index (κ3) is 1.87. The van der Waals surface area contributed by atoms with Gasteiger partial charge in [-0.2, -0.15) is 0 Å². The van der Waals surface area contributed by atoms with Crippen LogP contribution in [-0.4, -0.2) is 16.7 Å². The van der Waals surface area contributed by atoms with Crippen LogP contribution >= 0.6 is 11.6 Å². The van der Waals surface area contributed by atoms with Gasteiger partial charge in [0.05, 0.1) is 18.4 Å². The van der Waals surface area contributed by atoms with Crippen molar-refractivity contribution in [3.8, 4) is 0 Å². The molecule has 0 N–H and O–H groups in total. The molecule has 3 aliphatic carbocycles. The summed E-state index contributed by atoms with van der Waals surface area (Å²) in [6.07, 6.45) is 6.33. The van der Waals surface area contributed by atoms with Crippen LogP contribution in [0.3, 0.4) is 0 Å². The molecule has 0 radical (unpaired) electrons. The van der Waals surface area contributed by atoms with Crippen LogP contribution < -0.4 is 0 Å². The Morgan fingerprint density at radius 3 is 2.10 bits per heavy atom. The van der Waals surface area contributed by atoms with Gasteiger partial charge in [-0.25, -0.2) is 0 Å². The second kappa shape index (κ2) is 4.70. The van der Waals surface area contributed by atoms with E-state index in [9.17, 15) is 9.59 Å². The van der Waals surface area contributed by atoms with Crippen molar-refractivity contribution in [2.45, 2.75) is 19.4 Å². The largest absolute Gasteiger partial charge is 0.278 e. The van der Waals surface area contributed by atoms with Crippen molar-refractivity contribution in [3.63, 3.8) is 0 Å². The summed E-state index contributed by atoms with van der Waals surface area (Å²) in [7, 11) is 0. The van der Waals surface area contributed by atoms with E-state index in [-0.39, 0.29) is 35.5 Å². The molecule has 0 aromatic heterocycles. The fraction of sp³-hybridized carbons (Fsp3) is 0.412. The first-order chi connectivity index (χ1) is 10.2.